The third-order valence-electron chi connectivity index (χ3n) is 5.29. The molecule has 0 saturated carbocycles. The molecule has 0 saturated heterocycles. The van der Waals surface area contributed by atoms with E-state index in [9.17, 15) is 0 Å². The summed E-state index contributed by atoms with van der Waals surface area (Å²) in [4.78, 5) is 0. The summed E-state index contributed by atoms with van der Waals surface area (Å²) in [7, 11) is 1.71. The van der Waals surface area contributed by atoms with Gasteiger partial charge in [0.25, 0.3) is 0 Å². The summed E-state index contributed by atoms with van der Waals surface area (Å²) in [6, 6.07) is 12.8. The number of ether oxygens (including phenoxy) is 1. The molecule has 1 aromatic carbocycles. The Kier molecular flexibility index (Phi) is 15.9. The van der Waals surface area contributed by atoms with Gasteiger partial charge in [0.1, 0.15) is 5.75 Å². The zero-order valence-electron chi connectivity index (χ0n) is 17.9. The van der Waals surface area contributed by atoms with Gasteiger partial charge in [-0.25, -0.2) is 4.57 Å². The highest BCUT2D eigenvalue weighted by molar-refractivity contribution is 14.1. The monoisotopic (exact) mass is 621 g/mol. The van der Waals surface area contributed by atoms with Crippen LogP contribution in [0.4, 0.5) is 0 Å². The molecule has 2 nitrogen and oxygen atoms in total. The van der Waals surface area contributed by atoms with Crippen LogP contribution in [-0.4, -0.2) is 11.5 Å². The van der Waals surface area contributed by atoms with Gasteiger partial charge in [-0.3, -0.25) is 0 Å². The van der Waals surface area contributed by atoms with Crippen LogP contribution in [0.15, 0.2) is 48.8 Å². The molecule has 1 aromatic heterocycles. The van der Waals surface area contributed by atoms with Gasteiger partial charge >= 0.3 is 0 Å². The van der Waals surface area contributed by atoms with E-state index in [0.29, 0.717) is 0 Å². The van der Waals surface area contributed by atoms with Crippen LogP contribution in [0.3, 0.4) is 0 Å². The maximum atomic E-state index is 5.24. The van der Waals surface area contributed by atoms with Crippen molar-refractivity contribution in [3.8, 4) is 5.75 Å². The fourth-order valence-electron chi connectivity index (χ4n) is 3.60. The Labute approximate surface area is 209 Å². The number of nitrogens with zero attached hydrogens (tertiary/aromatic N) is 1. The average Bonchev–Trinajstić information content (AvgIpc) is 2.73. The molecule has 0 amide bonds. The summed E-state index contributed by atoms with van der Waals surface area (Å²) in [6.45, 7) is 0.912. The molecule has 29 heavy (non-hydrogen) atoms. The number of methoxy groups -OCH3 is 1. The Morgan fingerprint density at radius 2 is 1.34 bits per heavy atom. The Morgan fingerprint density at radius 3 is 1.93 bits per heavy atom. The average molecular weight is 621 g/mol. The Balaban J connectivity index is 0.00000420. The van der Waals surface area contributed by atoms with E-state index < -0.39 is 0 Å². The molecule has 0 bridgehead atoms. The van der Waals surface area contributed by atoms with E-state index in [1.54, 1.807) is 7.11 Å². The van der Waals surface area contributed by atoms with Gasteiger partial charge in [-0.2, -0.15) is 0 Å². The van der Waals surface area contributed by atoms with Crippen molar-refractivity contribution in [1.29, 1.82) is 0 Å². The number of hydrogen-bond donors (Lipinski definition) is 0. The van der Waals surface area contributed by atoms with Crippen molar-refractivity contribution in [2.75, 3.05) is 11.5 Å². The first-order valence-electron chi connectivity index (χ1n) is 11.0. The Bertz CT molecular complexity index is 646. The lowest BCUT2D eigenvalue weighted by atomic mass is 10.0. The first kappa shape index (κ1) is 26.7. The van der Waals surface area contributed by atoms with Crippen LogP contribution >= 0.6 is 22.6 Å². The topological polar surface area (TPSA) is 13.1 Å². The van der Waals surface area contributed by atoms with Gasteiger partial charge in [0.2, 0.25) is 0 Å². The smallest absolute Gasteiger partial charge is 0.173 e. The summed E-state index contributed by atoms with van der Waals surface area (Å²) in [5.74, 6) is 0.915. The maximum absolute atomic E-state index is 5.24. The maximum Gasteiger partial charge on any atom is 0.173 e. The van der Waals surface area contributed by atoms with Crippen LogP contribution in [-0.2, 0) is 13.0 Å². The predicted molar refractivity (Wildman–Crippen MR) is 127 cm³/mol. The van der Waals surface area contributed by atoms with Crippen molar-refractivity contribution in [1.82, 2.24) is 0 Å². The highest BCUT2D eigenvalue weighted by Gasteiger charge is 2.05. The van der Waals surface area contributed by atoms with Crippen molar-refractivity contribution < 1.29 is 33.3 Å². The number of halogens is 2. The number of pyridine rings is 1. The molecular weight excluding hydrogens is 584 g/mol. The first-order valence-corrected chi connectivity index (χ1v) is 12.5. The zero-order chi connectivity index (χ0) is 19.9. The van der Waals surface area contributed by atoms with E-state index in [0.717, 1.165) is 12.3 Å². The number of hydrogen-bond acceptors (Lipinski definition) is 1. The summed E-state index contributed by atoms with van der Waals surface area (Å²) in [5.41, 5.74) is 2.75. The lowest BCUT2D eigenvalue weighted by Crippen LogP contribution is -3.00. The molecule has 4 heteroatoms. The van der Waals surface area contributed by atoms with Gasteiger partial charge in [-0.15, -0.1) is 0 Å². The standard InChI is InChI=1S/C25H37INO.HI/c1-28-25-17-15-24(16-18-25)22-27-20-12-14-23(21-27)13-10-8-6-4-2-3-5-7-9-11-19-26;/h12,14-18,20-21H,2-11,13,19,22H2,1H3;1H/q+1;/p-1. The summed E-state index contributed by atoms with van der Waals surface area (Å²) >= 11 is 2.48. The van der Waals surface area contributed by atoms with Crippen molar-refractivity contribution in [2.45, 2.75) is 77.2 Å². The minimum Gasteiger partial charge on any atom is -1.00 e. The quantitative estimate of drug-likeness (QED) is 0.127. The largest absolute Gasteiger partial charge is 1.00 e. The van der Waals surface area contributed by atoms with Crippen molar-refractivity contribution in [3.63, 3.8) is 0 Å². The Hall–Kier alpha value is -0.370. The molecule has 0 radical (unpaired) electrons. The molecule has 162 valence electrons. The van der Waals surface area contributed by atoms with Gasteiger partial charge < -0.3 is 28.7 Å². The van der Waals surface area contributed by atoms with Crippen LogP contribution in [0.5, 0.6) is 5.75 Å². The van der Waals surface area contributed by atoms with Gasteiger partial charge in [0.05, 0.1) is 7.11 Å². The SMILES string of the molecule is COc1ccc(C[n+]2cccc(CCCCCCCCCCCCI)c2)cc1.[I-]. The molecule has 2 rings (SSSR count). The third kappa shape index (κ3) is 12.2. The van der Waals surface area contributed by atoms with Gasteiger partial charge in [0.15, 0.2) is 18.9 Å². The van der Waals surface area contributed by atoms with Crippen molar-refractivity contribution >= 4 is 22.6 Å². The molecule has 0 unspecified atom stereocenters. The second-order valence-corrected chi connectivity index (χ2v) is 8.79. The van der Waals surface area contributed by atoms with E-state index >= 15 is 0 Å². The number of benzene rings is 1. The second-order valence-electron chi connectivity index (χ2n) is 7.71. The fourth-order valence-corrected chi connectivity index (χ4v) is 4.14. The number of unbranched alkanes of at least 4 members (excludes halogenated alkanes) is 9. The lowest BCUT2D eigenvalue weighted by Gasteiger charge is -2.04. The normalized spacial score (nSPS) is 10.6. The second kappa shape index (κ2) is 17.3. The molecule has 0 N–H and O–H groups in total. The molecule has 0 aliphatic rings. The molecule has 0 atom stereocenters. The van der Waals surface area contributed by atoms with Gasteiger partial charge in [-0.05, 0) is 54.0 Å². The predicted octanol–water partition coefficient (Wildman–Crippen LogP) is 3.91. The number of aromatic nitrogens is 1. The molecule has 0 spiro atoms. The van der Waals surface area contributed by atoms with E-state index in [1.807, 2.05) is 12.1 Å². The first-order chi connectivity index (χ1) is 13.8. The number of alkyl halides is 1. The number of rotatable bonds is 15. The van der Waals surface area contributed by atoms with Crippen LogP contribution in [0.25, 0.3) is 0 Å². The molecule has 0 aliphatic carbocycles. The van der Waals surface area contributed by atoms with Crippen molar-refractivity contribution in [2.24, 2.45) is 0 Å². The highest BCUT2D eigenvalue weighted by atomic mass is 127. The van der Waals surface area contributed by atoms with Crippen LogP contribution in [0, 0.1) is 0 Å². The van der Waals surface area contributed by atoms with E-state index in [1.165, 1.54) is 86.2 Å². The van der Waals surface area contributed by atoms with E-state index in [4.69, 9.17) is 4.74 Å². The molecule has 0 aliphatic heterocycles. The van der Waals surface area contributed by atoms with E-state index in [-0.39, 0.29) is 24.0 Å². The van der Waals surface area contributed by atoms with Gasteiger partial charge in [0, 0.05) is 17.2 Å². The number of aryl methyl sites for hydroxylation is 1. The fraction of sp³-hybridized carbons (Fsp3) is 0.560. The van der Waals surface area contributed by atoms with Gasteiger partial charge in [-0.1, -0.05) is 74.0 Å². The molecule has 2 aromatic rings. The Morgan fingerprint density at radius 1 is 0.759 bits per heavy atom. The van der Waals surface area contributed by atoms with Crippen LogP contribution < -0.4 is 33.3 Å². The molecule has 1 heterocycles. The summed E-state index contributed by atoms with van der Waals surface area (Å²) in [5, 5.41) is 0. The molecule has 0 fully saturated rings. The highest BCUT2D eigenvalue weighted by Crippen LogP contribution is 2.13. The third-order valence-corrected chi connectivity index (χ3v) is 6.06. The summed E-state index contributed by atoms with van der Waals surface area (Å²) in [6.07, 6.45) is 19.7. The van der Waals surface area contributed by atoms with Crippen molar-refractivity contribution in [3.05, 3.63) is 59.9 Å². The lowest BCUT2D eigenvalue weighted by molar-refractivity contribution is -0.688. The van der Waals surface area contributed by atoms with E-state index in [2.05, 4.69) is 63.8 Å². The zero-order valence-corrected chi connectivity index (χ0v) is 22.2. The minimum atomic E-state index is 0. The van der Waals surface area contributed by atoms with Crippen LogP contribution in [0.1, 0.15) is 75.3 Å². The van der Waals surface area contributed by atoms with Crippen LogP contribution in [0.2, 0.25) is 0 Å². The molecular formula is C25H37I2NO. The minimum absolute atomic E-state index is 0. The summed E-state index contributed by atoms with van der Waals surface area (Å²) < 4.78 is 8.84.